The lowest BCUT2D eigenvalue weighted by atomic mass is 9.97. The molecule has 0 spiro atoms. The number of hydrogen-bond acceptors (Lipinski definition) is 10. The number of carbonyl (C=O) groups is 2. The molecule has 176 valence electrons. The monoisotopic (exact) mass is 438 g/mol. The lowest BCUT2D eigenvalue weighted by Crippen LogP contribution is -2.64. The number of hydrogen-bond donors (Lipinski definition) is 6. The third-order valence-corrected chi connectivity index (χ3v) is 3.99. The average molecular weight is 438 g/mol. The molecule has 5 unspecified atom stereocenters. The van der Waals surface area contributed by atoms with Gasteiger partial charge in [0.25, 0.3) is 0 Å². The maximum atomic E-state index is 11.9. The lowest BCUT2D eigenvalue weighted by Gasteiger charge is -2.40. The third-order valence-electron chi connectivity index (χ3n) is 3.99. The van der Waals surface area contributed by atoms with Crippen molar-refractivity contribution in [1.29, 1.82) is 0 Å². The molecule has 0 aliphatic carbocycles. The van der Waals surface area contributed by atoms with Gasteiger partial charge in [0, 0.05) is 13.0 Å². The van der Waals surface area contributed by atoms with Crippen molar-refractivity contribution in [3.05, 3.63) is 0 Å². The van der Waals surface area contributed by atoms with Gasteiger partial charge in [-0.1, -0.05) is 0 Å². The van der Waals surface area contributed by atoms with Gasteiger partial charge in [0.05, 0.1) is 33.0 Å². The van der Waals surface area contributed by atoms with Crippen LogP contribution in [0.1, 0.15) is 27.2 Å². The zero-order chi connectivity index (χ0) is 22.7. The summed E-state index contributed by atoms with van der Waals surface area (Å²) in [4.78, 5) is 23.3. The van der Waals surface area contributed by atoms with Gasteiger partial charge < -0.3 is 50.0 Å². The summed E-state index contributed by atoms with van der Waals surface area (Å²) in [6.45, 7) is 5.86. The fourth-order valence-electron chi connectivity index (χ4n) is 2.54. The second kappa shape index (κ2) is 13.0. The fourth-order valence-corrected chi connectivity index (χ4v) is 2.54. The molecule has 2 amide bonds. The molecule has 0 aromatic rings. The molecule has 0 bridgehead atoms. The van der Waals surface area contributed by atoms with Gasteiger partial charge in [-0.25, -0.2) is 4.79 Å². The molecule has 1 aliphatic rings. The van der Waals surface area contributed by atoms with E-state index in [1.165, 1.54) is 0 Å². The molecule has 1 heterocycles. The lowest BCUT2D eigenvalue weighted by molar-refractivity contribution is -0.253. The van der Waals surface area contributed by atoms with Crippen LogP contribution in [0.2, 0.25) is 0 Å². The minimum Gasteiger partial charge on any atom is -0.444 e. The summed E-state index contributed by atoms with van der Waals surface area (Å²) in [5, 5.41) is 43.5. The first-order chi connectivity index (χ1) is 14.0. The molecule has 30 heavy (non-hydrogen) atoms. The van der Waals surface area contributed by atoms with Crippen molar-refractivity contribution in [1.82, 2.24) is 10.6 Å². The Kier molecular flexibility index (Phi) is 11.5. The van der Waals surface area contributed by atoms with E-state index in [1.807, 2.05) is 0 Å². The summed E-state index contributed by atoms with van der Waals surface area (Å²) < 4.78 is 20.6. The van der Waals surface area contributed by atoms with Crippen LogP contribution in [0.15, 0.2) is 0 Å². The van der Waals surface area contributed by atoms with Crippen LogP contribution in [0.4, 0.5) is 4.79 Å². The Hall–Kier alpha value is -1.54. The summed E-state index contributed by atoms with van der Waals surface area (Å²) in [6.07, 6.45) is -6.19. The Balaban J connectivity index is 2.08. The van der Waals surface area contributed by atoms with Crippen LogP contribution in [0.25, 0.3) is 0 Å². The van der Waals surface area contributed by atoms with Crippen molar-refractivity contribution >= 4 is 12.0 Å². The molecule has 1 rings (SSSR count). The predicted octanol–water partition coefficient (Wildman–Crippen LogP) is -2.15. The van der Waals surface area contributed by atoms with Gasteiger partial charge in [-0.2, -0.15) is 0 Å². The molecule has 0 radical (unpaired) electrons. The number of carbonyl (C=O) groups excluding carboxylic acids is 2. The Labute approximate surface area is 175 Å². The Morgan fingerprint density at radius 3 is 2.23 bits per heavy atom. The van der Waals surface area contributed by atoms with E-state index in [4.69, 9.17) is 24.1 Å². The largest absolute Gasteiger partial charge is 0.444 e. The summed E-state index contributed by atoms with van der Waals surface area (Å²) in [5.41, 5.74) is -0.563. The average Bonchev–Trinajstić information content (AvgIpc) is 2.65. The number of aliphatic hydroxyl groups is 4. The van der Waals surface area contributed by atoms with Crippen LogP contribution in [0.5, 0.6) is 0 Å². The highest BCUT2D eigenvalue weighted by atomic mass is 16.6. The number of amides is 2. The number of aliphatic hydroxyl groups excluding tert-OH is 4. The van der Waals surface area contributed by atoms with Crippen molar-refractivity contribution in [3.63, 3.8) is 0 Å². The van der Waals surface area contributed by atoms with Crippen LogP contribution >= 0.6 is 0 Å². The highest BCUT2D eigenvalue weighted by Gasteiger charge is 2.44. The van der Waals surface area contributed by atoms with E-state index in [-0.39, 0.29) is 39.4 Å². The zero-order valence-corrected chi connectivity index (χ0v) is 17.6. The molecule has 5 atom stereocenters. The van der Waals surface area contributed by atoms with Gasteiger partial charge in [0.15, 0.2) is 6.29 Å². The van der Waals surface area contributed by atoms with Gasteiger partial charge in [-0.3, -0.25) is 4.79 Å². The zero-order valence-electron chi connectivity index (χ0n) is 17.6. The summed E-state index contributed by atoms with van der Waals surface area (Å²) in [7, 11) is 0. The van der Waals surface area contributed by atoms with E-state index < -0.39 is 54.9 Å². The van der Waals surface area contributed by atoms with Gasteiger partial charge in [-0.15, -0.1) is 0 Å². The first-order valence-electron chi connectivity index (χ1n) is 9.77. The van der Waals surface area contributed by atoms with E-state index in [1.54, 1.807) is 20.8 Å². The van der Waals surface area contributed by atoms with E-state index in [2.05, 4.69) is 10.6 Å². The summed E-state index contributed by atoms with van der Waals surface area (Å²) >= 11 is 0. The predicted molar refractivity (Wildman–Crippen MR) is 102 cm³/mol. The molecule has 12 heteroatoms. The van der Waals surface area contributed by atoms with Crippen molar-refractivity contribution in [2.45, 2.75) is 63.4 Å². The van der Waals surface area contributed by atoms with E-state index in [0.29, 0.717) is 0 Å². The maximum Gasteiger partial charge on any atom is 0.407 e. The Morgan fingerprint density at radius 1 is 1.00 bits per heavy atom. The molecule has 1 saturated heterocycles. The smallest absolute Gasteiger partial charge is 0.407 e. The van der Waals surface area contributed by atoms with Crippen molar-refractivity contribution in [2.75, 3.05) is 39.6 Å². The van der Waals surface area contributed by atoms with Gasteiger partial charge >= 0.3 is 6.09 Å². The Bertz CT molecular complexity index is 528. The maximum absolute atomic E-state index is 11.9. The van der Waals surface area contributed by atoms with E-state index >= 15 is 0 Å². The fraction of sp³-hybridized carbons (Fsp3) is 0.889. The number of ether oxygens (including phenoxy) is 4. The number of nitrogens with one attached hydrogen (secondary N) is 2. The summed E-state index contributed by atoms with van der Waals surface area (Å²) in [6, 6.07) is -1.23. The third kappa shape index (κ3) is 9.98. The minimum absolute atomic E-state index is 0.0460. The van der Waals surface area contributed by atoms with Crippen molar-refractivity contribution in [3.8, 4) is 0 Å². The summed E-state index contributed by atoms with van der Waals surface area (Å²) in [5.74, 6) is -0.515. The quantitative estimate of drug-likeness (QED) is 0.195. The molecule has 1 fully saturated rings. The molecule has 6 N–H and O–H groups in total. The van der Waals surface area contributed by atoms with Crippen LogP contribution in [-0.4, -0.2) is 108 Å². The highest BCUT2D eigenvalue weighted by Crippen LogP contribution is 2.19. The second-order valence-corrected chi connectivity index (χ2v) is 7.73. The first kappa shape index (κ1) is 26.5. The molecule has 0 aromatic heterocycles. The second-order valence-electron chi connectivity index (χ2n) is 7.73. The molecular weight excluding hydrogens is 404 g/mol. The van der Waals surface area contributed by atoms with Gasteiger partial charge in [-0.05, 0) is 20.8 Å². The van der Waals surface area contributed by atoms with Crippen LogP contribution < -0.4 is 10.6 Å². The van der Waals surface area contributed by atoms with Crippen LogP contribution in [0, 0.1) is 0 Å². The van der Waals surface area contributed by atoms with Crippen LogP contribution in [0.3, 0.4) is 0 Å². The van der Waals surface area contributed by atoms with E-state index in [0.717, 1.165) is 0 Å². The standard InChI is InChI=1S/C18H34N2O10/c1-18(2,3)30-17(26)19-5-7-28-9-8-27-6-4-12(22)20-13-15(24)14(23)11(10-21)29-16(13)25/h11,13-16,21,23-25H,4-10H2,1-3H3,(H,19,26)(H,20,22). The van der Waals surface area contributed by atoms with E-state index in [9.17, 15) is 24.9 Å². The van der Waals surface area contributed by atoms with Gasteiger partial charge in [0.1, 0.15) is 30.0 Å². The normalized spacial score (nSPS) is 26.8. The molecule has 1 aliphatic heterocycles. The van der Waals surface area contributed by atoms with Gasteiger partial charge in [0.2, 0.25) is 5.91 Å². The highest BCUT2D eigenvalue weighted by molar-refractivity contribution is 5.76. The number of rotatable bonds is 11. The minimum atomic E-state index is -1.56. The SMILES string of the molecule is CC(C)(C)OC(=O)NCCOCCOCCC(=O)NC1C(O)OC(CO)C(O)C1O. The molecule has 12 nitrogen and oxygen atoms in total. The topological polar surface area (TPSA) is 176 Å². The molecule has 0 saturated carbocycles. The molecular formula is C18H34N2O10. The Morgan fingerprint density at radius 2 is 1.63 bits per heavy atom. The van der Waals surface area contributed by atoms with Crippen molar-refractivity contribution in [2.24, 2.45) is 0 Å². The van der Waals surface area contributed by atoms with Crippen molar-refractivity contribution < 1.29 is 49.0 Å². The molecule has 0 aromatic carbocycles. The first-order valence-corrected chi connectivity index (χ1v) is 9.77. The number of alkyl carbamates (subject to hydrolysis) is 1. The van der Waals surface area contributed by atoms with Crippen LogP contribution in [-0.2, 0) is 23.7 Å².